The maximum Gasteiger partial charge on any atom is 0.253 e. The Kier molecular flexibility index (Phi) is 4.85. The molecular weight excluding hydrogens is 310 g/mol. The number of pyridine rings is 1. The molecule has 0 amide bonds. The van der Waals surface area contributed by atoms with Crippen molar-refractivity contribution in [2.75, 3.05) is 0 Å². The van der Waals surface area contributed by atoms with Crippen LogP contribution in [0.25, 0.3) is 0 Å². The topological polar surface area (TPSA) is 67.0 Å². The van der Waals surface area contributed by atoms with E-state index in [-0.39, 0.29) is 21.4 Å². The van der Waals surface area contributed by atoms with Gasteiger partial charge in [0.15, 0.2) is 9.84 Å². The van der Waals surface area contributed by atoms with Crippen molar-refractivity contribution in [2.45, 2.75) is 30.4 Å². The standard InChI is InChI=1S/C15H16ClNO3S/c1-2-3-11-4-7-13(8-5-11)21(19,20)10-12-6-9-14(16)17-15(12)18/h4-9H,2-3,10H2,1H3,(H,17,18). The molecule has 1 heterocycles. The van der Waals surface area contributed by atoms with Crippen LogP contribution in [0.15, 0.2) is 46.1 Å². The Morgan fingerprint density at radius 2 is 1.76 bits per heavy atom. The number of halogens is 1. The highest BCUT2D eigenvalue weighted by molar-refractivity contribution is 7.90. The van der Waals surface area contributed by atoms with Gasteiger partial charge in [0.1, 0.15) is 5.15 Å². The second kappa shape index (κ2) is 6.45. The predicted octanol–water partition coefficient (Wildman–Crippen LogP) is 2.95. The van der Waals surface area contributed by atoms with E-state index in [1.54, 1.807) is 12.1 Å². The second-order valence-corrected chi connectivity index (χ2v) is 7.21. The first-order valence-electron chi connectivity index (χ1n) is 6.62. The van der Waals surface area contributed by atoms with Gasteiger partial charge < -0.3 is 4.98 Å². The first-order chi connectivity index (χ1) is 9.92. The first kappa shape index (κ1) is 15.8. The van der Waals surface area contributed by atoms with Crippen LogP contribution in [0, 0.1) is 0 Å². The number of sulfone groups is 1. The zero-order valence-corrected chi connectivity index (χ0v) is 13.2. The van der Waals surface area contributed by atoms with Gasteiger partial charge in [-0.05, 0) is 36.2 Å². The molecule has 21 heavy (non-hydrogen) atoms. The minimum absolute atomic E-state index is 0.178. The van der Waals surface area contributed by atoms with Gasteiger partial charge in [-0.2, -0.15) is 0 Å². The highest BCUT2D eigenvalue weighted by Crippen LogP contribution is 2.17. The quantitative estimate of drug-likeness (QED) is 0.859. The number of aryl methyl sites for hydroxylation is 1. The molecule has 1 aromatic carbocycles. The van der Waals surface area contributed by atoms with Crippen molar-refractivity contribution in [3.05, 3.63) is 63.0 Å². The molecule has 0 bridgehead atoms. The minimum atomic E-state index is -3.54. The minimum Gasteiger partial charge on any atom is -0.313 e. The Bertz CT molecular complexity index is 779. The van der Waals surface area contributed by atoms with Crippen molar-refractivity contribution in [1.82, 2.24) is 4.98 Å². The second-order valence-electron chi connectivity index (χ2n) is 4.81. The third kappa shape index (κ3) is 3.95. The molecule has 0 radical (unpaired) electrons. The number of aromatic nitrogens is 1. The SMILES string of the molecule is CCCc1ccc(S(=O)(=O)Cc2ccc(Cl)[nH]c2=O)cc1. The van der Waals surface area contributed by atoms with Crippen LogP contribution in [0.1, 0.15) is 24.5 Å². The summed E-state index contributed by atoms with van der Waals surface area (Å²) in [6.07, 6.45) is 1.92. The lowest BCUT2D eigenvalue weighted by molar-refractivity contribution is 0.595. The fourth-order valence-electron chi connectivity index (χ4n) is 2.03. The van der Waals surface area contributed by atoms with E-state index in [0.29, 0.717) is 0 Å². The molecule has 0 atom stereocenters. The average Bonchev–Trinajstić information content (AvgIpc) is 2.43. The lowest BCUT2D eigenvalue weighted by Crippen LogP contribution is -2.16. The Morgan fingerprint density at radius 3 is 2.33 bits per heavy atom. The summed E-state index contributed by atoms with van der Waals surface area (Å²) in [5.41, 5.74) is 0.798. The van der Waals surface area contributed by atoms with Gasteiger partial charge in [0.25, 0.3) is 5.56 Å². The highest BCUT2D eigenvalue weighted by Gasteiger charge is 2.17. The van der Waals surface area contributed by atoms with Crippen LogP contribution in [0.2, 0.25) is 5.15 Å². The van der Waals surface area contributed by atoms with Crippen molar-refractivity contribution in [2.24, 2.45) is 0 Å². The summed E-state index contributed by atoms with van der Waals surface area (Å²) in [4.78, 5) is 14.3. The fourth-order valence-corrected chi connectivity index (χ4v) is 3.54. The monoisotopic (exact) mass is 325 g/mol. The molecule has 0 spiro atoms. The number of aromatic amines is 1. The molecule has 1 N–H and O–H groups in total. The molecule has 0 fully saturated rings. The van der Waals surface area contributed by atoms with E-state index in [1.165, 1.54) is 12.1 Å². The summed E-state index contributed by atoms with van der Waals surface area (Å²) in [5.74, 6) is -0.341. The van der Waals surface area contributed by atoms with Gasteiger partial charge >= 0.3 is 0 Å². The number of hydrogen-bond acceptors (Lipinski definition) is 3. The number of hydrogen-bond donors (Lipinski definition) is 1. The van der Waals surface area contributed by atoms with E-state index >= 15 is 0 Å². The van der Waals surface area contributed by atoms with E-state index in [4.69, 9.17) is 11.6 Å². The molecule has 2 aromatic rings. The summed E-state index contributed by atoms with van der Waals surface area (Å²) < 4.78 is 24.6. The molecule has 0 aliphatic rings. The van der Waals surface area contributed by atoms with E-state index in [2.05, 4.69) is 11.9 Å². The first-order valence-corrected chi connectivity index (χ1v) is 8.65. The molecular formula is C15H16ClNO3S. The van der Waals surface area contributed by atoms with Crippen molar-refractivity contribution in [1.29, 1.82) is 0 Å². The number of H-pyrrole nitrogens is 1. The lowest BCUT2D eigenvalue weighted by Gasteiger charge is -2.06. The van der Waals surface area contributed by atoms with Crippen LogP contribution >= 0.6 is 11.6 Å². The number of rotatable bonds is 5. The van der Waals surface area contributed by atoms with Crippen LogP contribution in [0.4, 0.5) is 0 Å². The normalized spacial score (nSPS) is 11.5. The Hall–Kier alpha value is -1.59. The van der Waals surface area contributed by atoms with E-state index in [9.17, 15) is 13.2 Å². The molecule has 0 saturated carbocycles. The maximum absolute atomic E-state index is 12.3. The van der Waals surface area contributed by atoms with Gasteiger partial charge in [-0.25, -0.2) is 8.42 Å². The van der Waals surface area contributed by atoms with Crippen molar-refractivity contribution < 1.29 is 8.42 Å². The third-order valence-electron chi connectivity index (χ3n) is 3.12. The van der Waals surface area contributed by atoms with Gasteiger partial charge in [0.2, 0.25) is 0 Å². The Labute approximate surface area is 128 Å². The summed E-state index contributed by atoms with van der Waals surface area (Å²) in [6, 6.07) is 9.70. The molecule has 0 saturated heterocycles. The van der Waals surface area contributed by atoms with Gasteiger partial charge in [0.05, 0.1) is 10.6 Å². The van der Waals surface area contributed by atoms with Gasteiger partial charge in [-0.15, -0.1) is 0 Å². The molecule has 1 aromatic heterocycles. The van der Waals surface area contributed by atoms with Crippen LogP contribution in [0.3, 0.4) is 0 Å². The predicted molar refractivity (Wildman–Crippen MR) is 83.4 cm³/mol. The zero-order chi connectivity index (χ0) is 15.5. The summed E-state index contributed by atoms with van der Waals surface area (Å²) in [6.45, 7) is 2.07. The van der Waals surface area contributed by atoms with Crippen molar-refractivity contribution >= 4 is 21.4 Å². The molecule has 6 heteroatoms. The summed E-state index contributed by atoms with van der Waals surface area (Å²) >= 11 is 5.65. The van der Waals surface area contributed by atoms with Gasteiger partial charge in [-0.3, -0.25) is 4.79 Å². The van der Waals surface area contributed by atoms with Crippen LogP contribution in [0.5, 0.6) is 0 Å². The molecule has 4 nitrogen and oxygen atoms in total. The number of benzene rings is 1. The zero-order valence-electron chi connectivity index (χ0n) is 11.6. The van der Waals surface area contributed by atoms with E-state index in [1.807, 2.05) is 12.1 Å². The molecule has 2 rings (SSSR count). The summed E-state index contributed by atoms with van der Waals surface area (Å²) in [5, 5.41) is 0.185. The molecule has 0 unspecified atom stereocenters. The van der Waals surface area contributed by atoms with Crippen molar-refractivity contribution in [3.63, 3.8) is 0 Å². The largest absolute Gasteiger partial charge is 0.313 e. The van der Waals surface area contributed by atoms with Gasteiger partial charge in [0, 0.05) is 5.56 Å². The van der Waals surface area contributed by atoms with Crippen LogP contribution in [-0.2, 0) is 22.0 Å². The maximum atomic E-state index is 12.3. The molecule has 0 aliphatic carbocycles. The van der Waals surface area contributed by atoms with E-state index in [0.717, 1.165) is 18.4 Å². The van der Waals surface area contributed by atoms with Crippen LogP contribution in [-0.4, -0.2) is 13.4 Å². The summed E-state index contributed by atoms with van der Waals surface area (Å²) in [7, 11) is -3.54. The average molecular weight is 326 g/mol. The number of nitrogens with one attached hydrogen (secondary N) is 1. The third-order valence-corrected chi connectivity index (χ3v) is 5.02. The highest BCUT2D eigenvalue weighted by atomic mass is 35.5. The lowest BCUT2D eigenvalue weighted by atomic mass is 10.1. The Balaban J connectivity index is 2.27. The fraction of sp³-hybridized carbons (Fsp3) is 0.267. The van der Waals surface area contributed by atoms with E-state index < -0.39 is 15.4 Å². The van der Waals surface area contributed by atoms with Crippen LogP contribution < -0.4 is 5.56 Å². The molecule has 112 valence electrons. The van der Waals surface area contributed by atoms with Gasteiger partial charge in [-0.1, -0.05) is 37.1 Å². The Morgan fingerprint density at radius 1 is 1.10 bits per heavy atom. The molecule has 0 aliphatic heterocycles. The van der Waals surface area contributed by atoms with Crippen molar-refractivity contribution in [3.8, 4) is 0 Å². The smallest absolute Gasteiger partial charge is 0.253 e.